The Morgan fingerprint density at radius 2 is 1.67 bits per heavy atom. The minimum atomic E-state index is -3.44. The van der Waals surface area contributed by atoms with Crippen molar-refractivity contribution < 1.29 is 13.2 Å². The molecule has 1 fully saturated rings. The molecule has 0 radical (unpaired) electrons. The van der Waals surface area contributed by atoms with Crippen molar-refractivity contribution in [3.05, 3.63) is 60.2 Å². The summed E-state index contributed by atoms with van der Waals surface area (Å²) < 4.78 is 33.7. The monoisotopic (exact) mass is 388 g/mol. The van der Waals surface area contributed by atoms with Crippen LogP contribution >= 0.6 is 0 Å². The van der Waals surface area contributed by atoms with Gasteiger partial charge >= 0.3 is 0 Å². The summed E-state index contributed by atoms with van der Waals surface area (Å²) in [7, 11) is -3.44. The Labute approximate surface area is 162 Å². The number of nitrogens with one attached hydrogen (secondary N) is 1. The van der Waals surface area contributed by atoms with E-state index in [1.54, 1.807) is 24.3 Å². The average Bonchev–Trinajstić information content (AvgIpc) is 2.65. The third-order valence-corrected chi connectivity index (χ3v) is 6.23. The zero-order chi connectivity index (χ0) is 19.3. The van der Waals surface area contributed by atoms with Crippen molar-refractivity contribution in [1.82, 2.24) is 9.62 Å². The number of likely N-dealkylation sites (tertiary alicyclic amines) is 1. The third kappa shape index (κ3) is 5.54. The molecule has 0 unspecified atom stereocenters. The molecule has 2 aromatic carbocycles. The maximum Gasteiger partial charge on any atom is 0.240 e. The number of hydrogen-bond acceptors (Lipinski definition) is 4. The van der Waals surface area contributed by atoms with E-state index in [0.29, 0.717) is 4.90 Å². The fourth-order valence-electron chi connectivity index (χ4n) is 3.34. The van der Waals surface area contributed by atoms with E-state index in [9.17, 15) is 8.42 Å². The van der Waals surface area contributed by atoms with Gasteiger partial charge in [0.2, 0.25) is 10.0 Å². The number of piperidine rings is 1. The molecular formula is C21H28N2O3S. The van der Waals surface area contributed by atoms with Crippen LogP contribution in [-0.4, -0.2) is 38.6 Å². The van der Waals surface area contributed by atoms with Gasteiger partial charge in [-0.25, -0.2) is 13.1 Å². The minimum Gasteiger partial charge on any atom is -0.491 e. The third-order valence-electron chi connectivity index (χ3n) is 4.69. The highest BCUT2D eigenvalue weighted by Crippen LogP contribution is 2.23. The molecule has 1 aliphatic rings. The number of benzene rings is 2. The summed E-state index contributed by atoms with van der Waals surface area (Å²) in [5, 5.41) is 0. The van der Waals surface area contributed by atoms with Crippen LogP contribution in [-0.2, 0) is 16.6 Å². The maximum atomic E-state index is 12.5. The van der Waals surface area contributed by atoms with Crippen molar-refractivity contribution in [1.29, 1.82) is 0 Å². The molecule has 5 nitrogen and oxygen atoms in total. The van der Waals surface area contributed by atoms with Crippen LogP contribution in [0.4, 0.5) is 0 Å². The first-order chi connectivity index (χ1) is 12.9. The molecule has 1 aliphatic heterocycles. The van der Waals surface area contributed by atoms with Crippen molar-refractivity contribution in [3.8, 4) is 5.75 Å². The zero-order valence-corrected chi connectivity index (χ0v) is 16.8. The van der Waals surface area contributed by atoms with Crippen molar-refractivity contribution in [2.24, 2.45) is 0 Å². The molecule has 0 saturated carbocycles. The standard InChI is InChI=1S/C21H28N2O3S/c1-17(2)26-21-11-7-6-8-18(21)16-23-14-12-19(13-15-23)22-27(24,25)20-9-4-3-5-10-20/h3-11,17,19,22H,12-16H2,1-2H3. The minimum absolute atomic E-state index is 0.0198. The summed E-state index contributed by atoms with van der Waals surface area (Å²) in [6, 6.07) is 16.7. The van der Waals surface area contributed by atoms with Gasteiger partial charge in [0, 0.05) is 31.2 Å². The average molecular weight is 389 g/mol. The molecule has 146 valence electrons. The normalized spacial score (nSPS) is 16.6. The molecule has 2 aromatic rings. The molecular weight excluding hydrogens is 360 g/mol. The lowest BCUT2D eigenvalue weighted by Crippen LogP contribution is -2.44. The second-order valence-corrected chi connectivity index (χ2v) is 8.97. The van der Waals surface area contributed by atoms with E-state index in [1.165, 1.54) is 5.56 Å². The van der Waals surface area contributed by atoms with Crippen LogP contribution in [0, 0.1) is 0 Å². The van der Waals surface area contributed by atoms with Crippen LogP contribution in [0.25, 0.3) is 0 Å². The molecule has 6 heteroatoms. The molecule has 1 N–H and O–H groups in total. The second kappa shape index (κ2) is 8.87. The topological polar surface area (TPSA) is 58.6 Å². The summed E-state index contributed by atoms with van der Waals surface area (Å²) in [6.45, 7) is 6.60. The highest BCUT2D eigenvalue weighted by molar-refractivity contribution is 7.89. The molecule has 0 aromatic heterocycles. The lowest BCUT2D eigenvalue weighted by Gasteiger charge is -2.32. The Hall–Kier alpha value is -1.89. The zero-order valence-electron chi connectivity index (χ0n) is 16.0. The Morgan fingerprint density at radius 1 is 1.04 bits per heavy atom. The Balaban J connectivity index is 1.55. The summed E-state index contributed by atoms with van der Waals surface area (Å²) in [6.07, 6.45) is 1.75. The second-order valence-electron chi connectivity index (χ2n) is 7.26. The van der Waals surface area contributed by atoms with Gasteiger partial charge in [-0.2, -0.15) is 0 Å². The van der Waals surface area contributed by atoms with Crippen LogP contribution in [0.1, 0.15) is 32.3 Å². The summed E-state index contributed by atoms with van der Waals surface area (Å²) in [4.78, 5) is 2.68. The molecule has 3 rings (SSSR count). The van der Waals surface area contributed by atoms with E-state index in [-0.39, 0.29) is 12.1 Å². The van der Waals surface area contributed by atoms with E-state index in [1.807, 2.05) is 38.1 Å². The molecule has 27 heavy (non-hydrogen) atoms. The van der Waals surface area contributed by atoms with Gasteiger partial charge < -0.3 is 4.74 Å². The first kappa shape index (κ1) is 19.9. The molecule has 0 atom stereocenters. The van der Waals surface area contributed by atoms with Crippen molar-refractivity contribution >= 4 is 10.0 Å². The van der Waals surface area contributed by atoms with E-state index in [2.05, 4.69) is 15.7 Å². The predicted molar refractivity (Wildman–Crippen MR) is 107 cm³/mol. The van der Waals surface area contributed by atoms with Gasteiger partial charge in [0.25, 0.3) is 0 Å². The fourth-order valence-corrected chi connectivity index (χ4v) is 4.67. The number of rotatable bonds is 7. The van der Waals surface area contributed by atoms with Gasteiger partial charge in [-0.1, -0.05) is 36.4 Å². The first-order valence-corrected chi connectivity index (χ1v) is 11.0. The van der Waals surface area contributed by atoms with E-state index < -0.39 is 10.0 Å². The van der Waals surface area contributed by atoms with Crippen molar-refractivity contribution in [2.45, 2.75) is 50.3 Å². The van der Waals surface area contributed by atoms with E-state index >= 15 is 0 Å². The summed E-state index contributed by atoms with van der Waals surface area (Å²) in [5.41, 5.74) is 1.18. The highest BCUT2D eigenvalue weighted by atomic mass is 32.2. The Bertz CT molecular complexity index is 830. The highest BCUT2D eigenvalue weighted by Gasteiger charge is 2.25. The number of sulfonamides is 1. The smallest absolute Gasteiger partial charge is 0.240 e. The number of ether oxygens (including phenoxy) is 1. The molecule has 0 spiro atoms. The van der Waals surface area contributed by atoms with Crippen molar-refractivity contribution in [2.75, 3.05) is 13.1 Å². The SMILES string of the molecule is CC(C)Oc1ccccc1CN1CCC(NS(=O)(=O)c2ccccc2)CC1. The van der Waals surface area contributed by atoms with Gasteiger partial charge in [0.1, 0.15) is 5.75 Å². The number of para-hydroxylation sites is 1. The molecule has 0 bridgehead atoms. The Kier molecular flexibility index (Phi) is 6.52. The largest absolute Gasteiger partial charge is 0.491 e. The van der Waals surface area contributed by atoms with E-state index in [4.69, 9.17) is 4.74 Å². The molecule has 0 aliphatic carbocycles. The van der Waals surface area contributed by atoms with Crippen LogP contribution in [0.3, 0.4) is 0 Å². The number of nitrogens with zero attached hydrogens (tertiary/aromatic N) is 1. The lowest BCUT2D eigenvalue weighted by molar-refractivity contribution is 0.192. The van der Waals surface area contributed by atoms with Gasteiger partial charge in [0.15, 0.2) is 0 Å². The van der Waals surface area contributed by atoms with Crippen LogP contribution < -0.4 is 9.46 Å². The molecule has 0 amide bonds. The predicted octanol–water partition coefficient (Wildman–Crippen LogP) is 3.42. The van der Waals surface area contributed by atoms with Gasteiger partial charge in [-0.05, 0) is 44.9 Å². The summed E-state index contributed by atoms with van der Waals surface area (Å²) in [5.74, 6) is 0.930. The summed E-state index contributed by atoms with van der Waals surface area (Å²) >= 11 is 0. The molecule has 1 saturated heterocycles. The van der Waals surface area contributed by atoms with Gasteiger partial charge in [-0.15, -0.1) is 0 Å². The van der Waals surface area contributed by atoms with E-state index in [0.717, 1.165) is 38.2 Å². The molecule has 1 heterocycles. The van der Waals surface area contributed by atoms with Crippen molar-refractivity contribution in [3.63, 3.8) is 0 Å². The van der Waals surface area contributed by atoms with Gasteiger partial charge in [0.05, 0.1) is 11.0 Å². The van der Waals surface area contributed by atoms with Crippen LogP contribution in [0.5, 0.6) is 5.75 Å². The quantitative estimate of drug-likeness (QED) is 0.790. The van der Waals surface area contributed by atoms with Crippen LogP contribution in [0.2, 0.25) is 0 Å². The first-order valence-electron chi connectivity index (χ1n) is 9.48. The maximum absolute atomic E-state index is 12.5. The van der Waals surface area contributed by atoms with Gasteiger partial charge in [-0.3, -0.25) is 4.90 Å². The lowest BCUT2D eigenvalue weighted by atomic mass is 10.1. The Morgan fingerprint density at radius 3 is 2.33 bits per heavy atom. The fraction of sp³-hybridized carbons (Fsp3) is 0.429. The van der Waals surface area contributed by atoms with Crippen LogP contribution in [0.15, 0.2) is 59.5 Å². The number of hydrogen-bond donors (Lipinski definition) is 1.